The minimum atomic E-state index is -1.48. The Morgan fingerprint density at radius 2 is 1.55 bits per heavy atom. The summed E-state index contributed by atoms with van der Waals surface area (Å²) in [6.07, 6.45) is -0.159. The number of carbonyl (C=O) groups excluding carboxylic acids is 2. The third-order valence-electron chi connectivity index (χ3n) is 3.36. The van der Waals surface area contributed by atoms with E-state index in [0.29, 0.717) is 26.1 Å². The highest BCUT2D eigenvalue weighted by molar-refractivity contribution is 6.12. The van der Waals surface area contributed by atoms with Gasteiger partial charge in [0, 0.05) is 26.1 Å². The quantitative estimate of drug-likeness (QED) is 0.681. The van der Waals surface area contributed by atoms with Gasteiger partial charge in [-0.3, -0.25) is 14.4 Å². The van der Waals surface area contributed by atoms with Gasteiger partial charge < -0.3 is 14.9 Å². The molecule has 8 nitrogen and oxygen atoms in total. The lowest BCUT2D eigenvalue weighted by Crippen LogP contribution is -2.34. The molecule has 2 aliphatic rings. The molecule has 2 rings (SSSR count). The summed E-state index contributed by atoms with van der Waals surface area (Å²) in [6.45, 7) is 2.95. The molecule has 3 amide bonds. The highest BCUT2D eigenvalue weighted by atomic mass is 16.5. The summed E-state index contributed by atoms with van der Waals surface area (Å²) in [6, 6.07) is 0. The SMILES string of the molecule is CC1(C(=O)O)CCOCC1.O=C(O)N1C(=O)CCC1=O. The van der Waals surface area contributed by atoms with E-state index >= 15 is 0 Å². The third-order valence-corrected chi connectivity index (χ3v) is 3.36. The van der Waals surface area contributed by atoms with Crippen molar-refractivity contribution in [1.29, 1.82) is 0 Å². The molecule has 2 aliphatic heterocycles. The van der Waals surface area contributed by atoms with E-state index in [9.17, 15) is 19.2 Å². The summed E-state index contributed by atoms with van der Waals surface area (Å²) in [4.78, 5) is 42.1. The first-order chi connectivity index (χ1) is 9.28. The van der Waals surface area contributed by atoms with E-state index in [1.165, 1.54) is 0 Å². The molecular formula is C12H17NO7. The van der Waals surface area contributed by atoms with Crippen LogP contribution in [0.1, 0.15) is 32.6 Å². The average Bonchev–Trinajstić information content (AvgIpc) is 2.70. The van der Waals surface area contributed by atoms with Crippen molar-refractivity contribution < 1.29 is 34.1 Å². The van der Waals surface area contributed by atoms with Gasteiger partial charge in [-0.1, -0.05) is 0 Å². The number of carbonyl (C=O) groups is 4. The minimum Gasteiger partial charge on any atom is -0.481 e. The summed E-state index contributed by atoms with van der Waals surface area (Å²) < 4.78 is 5.05. The van der Waals surface area contributed by atoms with Crippen LogP contribution < -0.4 is 0 Å². The zero-order chi connectivity index (χ0) is 15.3. The average molecular weight is 287 g/mol. The molecule has 0 aromatic rings. The maximum Gasteiger partial charge on any atom is 0.421 e. The Bertz CT molecular complexity index is 410. The molecule has 2 heterocycles. The zero-order valence-corrected chi connectivity index (χ0v) is 11.1. The van der Waals surface area contributed by atoms with E-state index in [0.717, 1.165) is 0 Å². The molecule has 2 fully saturated rings. The molecule has 0 bridgehead atoms. The fraction of sp³-hybridized carbons (Fsp3) is 0.667. The van der Waals surface area contributed by atoms with Gasteiger partial charge in [0.25, 0.3) is 0 Å². The smallest absolute Gasteiger partial charge is 0.421 e. The van der Waals surface area contributed by atoms with Gasteiger partial charge in [-0.25, -0.2) is 4.79 Å². The molecule has 0 aromatic heterocycles. The van der Waals surface area contributed by atoms with Gasteiger partial charge in [0.05, 0.1) is 5.41 Å². The third kappa shape index (κ3) is 3.77. The van der Waals surface area contributed by atoms with Crippen molar-refractivity contribution >= 4 is 23.9 Å². The highest BCUT2D eigenvalue weighted by Crippen LogP contribution is 2.29. The number of carboxylic acids is 1. The van der Waals surface area contributed by atoms with E-state index in [4.69, 9.17) is 14.9 Å². The second-order valence-electron chi connectivity index (χ2n) is 4.88. The van der Waals surface area contributed by atoms with Crippen molar-refractivity contribution in [3.63, 3.8) is 0 Å². The maximum atomic E-state index is 10.6. The van der Waals surface area contributed by atoms with Crippen LogP contribution in [-0.2, 0) is 19.1 Å². The number of nitrogens with zero attached hydrogens (tertiary/aromatic N) is 1. The Kier molecular flexibility index (Phi) is 5.20. The largest absolute Gasteiger partial charge is 0.481 e. The highest BCUT2D eigenvalue weighted by Gasteiger charge is 2.35. The van der Waals surface area contributed by atoms with Gasteiger partial charge in [0.2, 0.25) is 11.8 Å². The molecule has 112 valence electrons. The first-order valence-electron chi connectivity index (χ1n) is 6.18. The number of amides is 3. The van der Waals surface area contributed by atoms with Gasteiger partial charge in [-0.15, -0.1) is 0 Å². The topological polar surface area (TPSA) is 121 Å². The van der Waals surface area contributed by atoms with Crippen LogP contribution in [0.5, 0.6) is 0 Å². The van der Waals surface area contributed by atoms with Crippen molar-refractivity contribution in [1.82, 2.24) is 4.90 Å². The first-order valence-corrected chi connectivity index (χ1v) is 6.18. The van der Waals surface area contributed by atoms with Crippen LogP contribution in [0.15, 0.2) is 0 Å². The monoisotopic (exact) mass is 287 g/mol. The molecule has 20 heavy (non-hydrogen) atoms. The van der Waals surface area contributed by atoms with E-state index < -0.39 is 29.3 Å². The molecule has 0 saturated carbocycles. The number of hydrogen-bond donors (Lipinski definition) is 2. The van der Waals surface area contributed by atoms with Crippen molar-refractivity contribution in [2.75, 3.05) is 13.2 Å². The molecule has 2 saturated heterocycles. The second-order valence-corrected chi connectivity index (χ2v) is 4.88. The van der Waals surface area contributed by atoms with E-state index in [1.54, 1.807) is 6.92 Å². The predicted octanol–water partition coefficient (Wildman–Crippen LogP) is 0.701. The van der Waals surface area contributed by atoms with Gasteiger partial charge in [0.1, 0.15) is 0 Å². The Balaban J connectivity index is 0.000000200. The van der Waals surface area contributed by atoms with Crippen LogP contribution >= 0.6 is 0 Å². The minimum absolute atomic E-state index is 0.0190. The van der Waals surface area contributed by atoms with Crippen LogP contribution in [0.3, 0.4) is 0 Å². The molecule has 0 aliphatic carbocycles. The van der Waals surface area contributed by atoms with Crippen molar-refractivity contribution in [3.8, 4) is 0 Å². The number of hydrogen-bond acceptors (Lipinski definition) is 5. The molecular weight excluding hydrogens is 270 g/mol. The summed E-state index contributed by atoms with van der Waals surface area (Å²) in [7, 11) is 0. The molecule has 0 unspecified atom stereocenters. The lowest BCUT2D eigenvalue weighted by molar-refractivity contribution is -0.153. The zero-order valence-electron chi connectivity index (χ0n) is 11.1. The van der Waals surface area contributed by atoms with Crippen LogP contribution in [0.25, 0.3) is 0 Å². The van der Waals surface area contributed by atoms with Crippen LogP contribution in [0.4, 0.5) is 4.79 Å². The Morgan fingerprint density at radius 3 is 1.80 bits per heavy atom. The number of aliphatic carboxylic acids is 1. The Hall–Kier alpha value is -1.96. The van der Waals surface area contributed by atoms with Crippen LogP contribution in [0, 0.1) is 5.41 Å². The van der Waals surface area contributed by atoms with E-state index in [-0.39, 0.29) is 17.7 Å². The van der Waals surface area contributed by atoms with Gasteiger partial charge in [-0.05, 0) is 19.8 Å². The summed E-state index contributed by atoms with van der Waals surface area (Å²) in [5.74, 6) is -1.95. The predicted molar refractivity (Wildman–Crippen MR) is 64.9 cm³/mol. The summed E-state index contributed by atoms with van der Waals surface area (Å²) in [5, 5.41) is 17.0. The fourth-order valence-electron chi connectivity index (χ4n) is 1.83. The molecule has 0 spiro atoms. The van der Waals surface area contributed by atoms with Gasteiger partial charge in [0.15, 0.2) is 0 Å². The standard InChI is InChI=1S/C7H12O3.C5H5NO4/c1-7(6(8)9)2-4-10-5-3-7;7-3-1-2-4(8)6(3)5(9)10/h2-5H2,1H3,(H,8,9);1-2H2,(H,9,10). The number of carboxylic acid groups (broad SMARTS) is 2. The number of ether oxygens (including phenoxy) is 1. The summed E-state index contributed by atoms with van der Waals surface area (Å²) >= 11 is 0. The molecule has 0 aromatic carbocycles. The molecule has 2 N–H and O–H groups in total. The first kappa shape index (κ1) is 16.1. The van der Waals surface area contributed by atoms with Crippen LogP contribution in [-0.4, -0.2) is 52.2 Å². The van der Waals surface area contributed by atoms with Crippen LogP contribution in [0.2, 0.25) is 0 Å². The van der Waals surface area contributed by atoms with Gasteiger partial charge in [-0.2, -0.15) is 4.90 Å². The Labute approximate surface area is 115 Å². The van der Waals surface area contributed by atoms with E-state index in [1.807, 2.05) is 0 Å². The van der Waals surface area contributed by atoms with Gasteiger partial charge >= 0.3 is 12.1 Å². The number of likely N-dealkylation sites (tertiary alicyclic amines) is 1. The lowest BCUT2D eigenvalue weighted by atomic mass is 9.83. The maximum absolute atomic E-state index is 10.6. The molecule has 0 radical (unpaired) electrons. The van der Waals surface area contributed by atoms with Crippen molar-refractivity contribution in [2.45, 2.75) is 32.6 Å². The summed E-state index contributed by atoms with van der Waals surface area (Å²) in [5.41, 5.74) is -0.530. The van der Waals surface area contributed by atoms with Crippen molar-refractivity contribution in [2.24, 2.45) is 5.41 Å². The van der Waals surface area contributed by atoms with Crippen molar-refractivity contribution in [3.05, 3.63) is 0 Å². The van der Waals surface area contributed by atoms with E-state index in [2.05, 4.69) is 0 Å². The number of imide groups is 3. The molecule has 0 atom stereocenters. The molecule has 8 heteroatoms. The normalized spacial score (nSPS) is 21.1. The fourth-order valence-corrected chi connectivity index (χ4v) is 1.83. The lowest BCUT2D eigenvalue weighted by Gasteiger charge is -2.28. The number of rotatable bonds is 1. The second kappa shape index (κ2) is 6.47. The Morgan fingerprint density at radius 1 is 1.10 bits per heavy atom.